The molecule has 0 radical (unpaired) electrons. The minimum Gasteiger partial charge on any atom is -0.310 e. The van der Waals surface area contributed by atoms with E-state index in [1.165, 1.54) is 12.8 Å². The van der Waals surface area contributed by atoms with Crippen molar-refractivity contribution in [3.05, 3.63) is 35.1 Å². The average molecular weight is 219 g/mol. The summed E-state index contributed by atoms with van der Waals surface area (Å²) in [5.41, 5.74) is 2.24. The molecule has 2 fully saturated rings. The van der Waals surface area contributed by atoms with Gasteiger partial charge < -0.3 is 5.32 Å². The van der Waals surface area contributed by atoms with Crippen LogP contribution in [0, 0.1) is 5.82 Å². The van der Waals surface area contributed by atoms with Crippen LogP contribution in [0.5, 0.6) is 0 Å². The number of nitrogens with one attached hydrogen (secondary N) is 1. The number of hydrogen-bond acceptors (Lipinski definition) is 1. The van der Waals surface area contributed by atoms with Crippen LogP contribution in [0.4, 0.5) is 4.39 Å². The Morgan fingerprint density at radius 3 is 2.75 bits per heavy atom. The number of halogens is 1. The summed E-state index contributed by atoms with van der Waals surface area (Å²) in [4.78, 5) is 0. The van der Waals surface area contributed by atoms with Gasteiger partial charge in [-0.15, -0.1) is 0 Å². The normalized spacial score (nSPS) is 22.1. The molecule has 1 nitrogen and oxygen atoms in total. The quantitative estimate of drug-likeness (QED) is 0.820. The molecule has 86 valence electrons. The van der Waals surface area contributed by atoms with Crippen LogP contribution in [0.15, 0.2) is 18.2 Å². The topological polar surface area (TPSA) is 12.0 Å². The van der Waals surface area contributed by atoms with Gasteiger partial charge in [-0.25, -0.2) is 4.39 Å². The van der Waals surface area contributed by atoms with E-state index in [1.807, 2.05) is 6.07 Å². The Morgan fingerprint density at radius 1 is 1.38 bits per heavy atom. The summed E-state index contributed by atoms with van der Waals surface area (Å²) < 4.78 is 13.9. The maximum absolute atomic E-state index is 13.9. The SMILES string of the molecule is CC1(c2c(F)cccc2CNC2CC2)CC1. The van der Waals surface area contributed by atoms with E-state index >= 15 is 0 Å². The highest BCUT2D eigenvalue weighted by atomic mass is 19.1. The van der Waals surface area contributed by atoms with Crippen molar-refractivity contribution in [2.75, 3.05) is 0 Å². The smallest absolute Gasteiger partial charge is 0.127 e. The number of benzene rings is 1. The summed E-state index contributed by atoms with van der Waals surface area (Å²) in [7, 11) is 0. The monoisotopic (exact) mass is 219 g/mol. The largest absolute Gasteiger partial charge is 0.310 e. The van der Waals surface area contributed by atoms with Crippen molar-refractivity contribution in [2.24, 2.45) is 0 Å². The van der Waals surface area contributed by atoms with Crippen LogP contribution in [0.2, 0.25) is 0 Å². The molecule has 1 N–H and O–H groups in total. The van der Waals surface area contributed by atoms with Crippen LogP contribution < -0.4 is 5.32 Å². The second-order valence-corrected chi connectivity index (χ2v) is 5.49. The lowest BCUT2D eigenvalue weighted by Crippen LogP contribution is -2.19. The molecule has 0 bridgehead atoms. The molecular weight excluding hydrogens is 201 g/mol. The van der Waals surface area contributed by atoms with Gasteiger partial charge in [0.2, 0.25) is 0 Å². The first-order valence-electron chi connectivity index (χ1n) is 6.20. The molecule has 1 aromatic carbocycles. The lowest BCUT2D eigenvalue weighted by molar-refractivity contribution is 0.573. The number of rotatable bonds is 4. The standard InChI is InChI=1S/C14H18FN/c1-14(7-8-14)13-10(3-2-4-12(13)15)9-16-11-5-6-11/h2-4,11,16H,5-9H2,1H3. The summed E-state index contributed by atoms with van der Waals surface area (Å²) in [5, 5.41) is 3.47. The van der Waals surface area contributed by atoms with Crippen LogP contribution in [0.1, 0.15) is 43.7 Å². The Bertz CT molecular complexity index is 405. The molecule has 0 unspecified atom stereocenters. The van der Waals surface area contributed by atoms with Gasteiger partial charge in [0, 0.05) is 12.6 Å². The Labute approximate surface area is 96.1 Å². The van der Waals surface area contributed by atoms with Gasteiger partial charge in [0.15, 0.2) is 0 Å². The maximum atomic E-state index is 13.9. The van der Waals surface area contributed by atoms with Gasteiger partial charge in [0.1, 0.15) is 5.82 Å². The van der Waals surface area contributed by atoms with Crippen LogP contribution in [0.25, 0.3) is 0 Å². The van der Waals surface area contributed by atoms with Crippen molar-refractivity contribution in [2.45, 2.75) is 50.6 Å². The van der Waals surface area contributed by atoms with Crippen LogP contribution in [0.3, 0.4) is 0 Å². The van der Waals surface area contributed by atoms with Crippen molar-refractivity contribution >= 4 is 0 Å². The summed E-state index contributed by atoms with van der Waals surface area (Å²) in [6.45, 7) is 3.00. The third-order valence-corrected chi connectivity index (χ3v) is 3.86. The second kappa shape index (κ2) is 3.56. The third kappa shape index (κ3) is 1.86. The molecular formula is C14H18FN. The summed E-state index contributed by atoms with van der Waals surface area (Å²) in [5.74, 6) is -0.0184. The summed E-state index contributed by atoms with van der Waals surface area (Å²) in [6.07, 6.45) is 4.82. The van der Waals surface area contributed by atoms with Crippen LogP contribution >= 0.6 is 0 Å². The molecule has 2 aliphatic rings. The zero-order chi connectivity index (χ0) is 11.2. The molecule has 0 aliphatic heterocycles. The van der Waals surface area contributed by atoms with Crippen molar-refractivity contribution in [1.29, 1.82) is 0 Å². The molecule has 2 heteroatoms. The fourth-order valence-electron chi connectivity index (χ4n) is 2.37. The first-order chi connectivity index (χ1) is 7.69. The van der Waals surface area contributed by atoms with E-state index in [2.05, 4.69) is 18.3 Å². The minimum absolute atomic E-state index is 0.0184. The van der Waals surface area contributed by atoms with Gasteiger partial charge in [-0.1, -0.05) is 19.1 Å². The van der Waals surface area contributed by atoms with E-state index < -0.39 is 0 Å². The van der Waals surface area contributed by atoms with Gasteiger partial charge in [-0.2, -0.15) is 0 Å². The fraction of sp³-hybridized carbons (Fsp3) is 0.571. The van der Waals surface area contributed by atoms with Crippen molar-refractivity contribution in [3.8, 4) is 0 Å². The summed E-state index contributed by atoms with van der Waals surface area (Å²) >= 11 is 0. The van der Waals surface area contributed by atoms with Gasteiger partial charge in [0.05, 0.1) is 0 Å². The van der Waals surface area contributed by atoms with Gasteiger partial charge in [-0.3, -0.25) is 0 Å². The second-order valence-electron chi connectivity index (χ2n) is 5.49. The lowest BCUT2D eigenvalue weighted by atomic mass is 9.92. The maximum Gasteiger partial charge on any atom is 0.127 e. The fourth-order valence-corrected chi connectivity index (χ4v) is 2.37. The van der Waals surface area contributed by atoms with Gasteiger partial charge in [-0.05, 0) is 48.3 Å². The van der Waals surface area contributed by atoms with Crippen LogP contribution in [-0.2, 0) is 12.0 Å². The molecule has 2 saturated carbocycles. The predicted molar refractivity (Wildman–Crippen MR) is 62.8 cm³/mol. The van der Waals surface area contributed by atoms with E-state index in [0.717, 1.165) is 30.5 Å². The Morgan fingerprint density at radius 2 is 2.12 bits per heavy atom. The Balaban J connectivity index is 1.86. The number of hydrogen-bond donors (Lipinski definition) is 1. The Kier molecular flexibility index (Phi) is 2.28. The summed E-state index contributed by atoms with van der Waals surface area (Å²) in [6, 6.07) is 6.17. The molecule has 16 heavy (non-hydrogen) atoms. The van der Waals surface area contributed by atoms with Crippen LogP contribution in [-0.4, -0.2) is 6.04 Å². The van der Waals surface area contributed by atoms with E-state index in [9.17, 15) is 4.39 Å². The van der Waals surface area contributed by atoms with E-state index in [-0.39, 0.29) is 11.2 Å². The first-order valence-corrected chi connectivity index (χ1v) is 6.20. The molecule has 2 aliphatic carbocycles. The highest BCUT2D eigenvalue weighted by Crippen LogP contribution is 2.49. The van der Waals surface area contributed by atoms with E-state index in [1.54, 1.807) is 6.07 Å². The predicted octanol–water partition coefficient (Wildman–Crippen LogP) is 3.13. The first kappa shape index (κ1) is 10.3. The Hall–Kier alpha value is -0.890. The minimum atomic E-state index is -0.0184. The third-order valence-electron chi connectivity index (χ3n) is 3.86. The molecule has 0 saturated heterocycles. The van der Waals surface area contributed by atoms with Crippen molar-refractivity contribution in [1.82, 2.24) is 5.32 Å². The zero-order valence-corrected chi connectivity index (χ0v) is 9.72. The molecule has 0 spiro atoms. The van der Waals surface area contributed by atoms with Gasteiger partial charge >= 0.3 is 0 Å². The molecule has 0 atom stereocenters. The molecule has 0 amide bonds. The zero-order valence-electron chi connectivity index (χ0n) is 9.72. The molecule has 3 rings (SSSR count). The van der Waals surface area contributed by atoms with E-state index in [4.69, 9.17) is 0 Å². The highest BCUT2D eigenvalue weighted by Gasteiger charge is 2.42. The average Bonchev–Trinajstić information content (AvgIpc) is 3.12. The lowest BCUT2D eigenvalue weighted by Gasteiger charge is -2.16. The van der Waals surface area contributed by atoms with Gasteiger partial charge in [0.25, 0.3) is 0 Å². The van der Waals surface area contributed by atoms with Crippen molar-refractivity contribution in [3.63, 3.8) is 0 Å². The highest BCUT2D eigenvalue weighted by molar-refractivity contribution is 5.39. The van der Waals surface area contributed by atoms with Crippen molar-refractivity contribution < 1.29 is 4.39 Å². The molecule has 1 aromatic rings. The molecule has 0 aromatic heterocycles. The molecule has 0 heterocycles. The van der Waals surface area contributed by atoms with E-state index in [0.29, 0.717) is 6.04 Å².